The summed E-state index contributed by atoms with van der Waals surface area (Å²) in [6.07, 6.45) is 2.63. The number of hydrogen-bond donors (Lipinski definition) is 0. The van der Waals surface area contributed by atoms with Crippen LogP contribution in [0.3, 0.4) is 0 Å². The van der Waals surface area contributed by atoms with Crippen LogP contribution >= 0.6 is 0 Å². The number of nitro groups is 1. The van der Waals surface area contributed by atoms with E-state index in [1.165, 1.54) is 38.5 Å². The highest BCUT2D eigenvalue weighted by molar-refractivity contribution is 5.74. The van der Waals surface area contributed by atoms with Gasteiger partial charge in [0.1, 0.15) is 47.2 Å². The highest BCUT2D eigenvalue weighted by atomic mass is 16.6. The Morgan fingerprint density at radius 3 is 1.98 bits per heavy atom. The number of likely N-dealkylation sites (N-methyl/N-ethyl adjacent to an activating group) is 1. The van der Waals surface area contributed by atoms with Crippen LogP contribution < -0.4 is 19.1 Å². The summed E-state index contributed by atoms with van der Waals surface area (Å²) in [6, 6.07) is 23.5. The average Bonchev–Trinajstić information content (AvgIpc) is 3.59. The molecule has 0 N–H and O–H groups in total. The second kappa shape index (κ2) is 15.7. The summed E-state index contributed by atoms with van der Waals surface area (Å²) in [5, 5.41) is 36.3. The molecule has 0 aliphatic heterocycles. The molecular formula is C33H31N9O6. The van der Waals surface area contributed by atoms with Crippen LogP contribution in [0.5, 0.6) is 17.2 Å². The summed E-state index contributed by atoms with van der Waals surface area (Å²) in [7, 11) is 4.99. The van der Waals surface area contributed by atoms with Gasteiger partial charge in [-0.3, -0.25) is 19.6 Å². The summed E-state index contributed by atoms with van der Waals surface area (Å²) in [4.78, 5) is 23.3. The van der Waals surface area contributed by atoms with E-state index in [0.29, 0.717) is 64.3 Å². The largest absolute Gasteiger partial charge is 0.494 e. The Morgan fingerprint density at radius 2 is 1.44 bits per heavy atom. The molecule has 0 aliphatic carbocycles. The number of methoxy groups -OCH3 is 2. The first-order valence-electron chi connectivity index (χ1n) is 14.6. The van der Waals surface area contributed by atoms with Crippen LogP contribution in [0.2, 0.25) is 0 Å². The van der Waals surface area contributed by atoms with E-state index >= 15 is 0 Å². The lowest BCUT2D eigenvalue weighted by Crippen LogP contribution is -2.22. The first kappa shape index (κ1) is 32.9. The number of benzene rings is 4. The topological polar surface area (TPSA) is 171 Å². The summed E-state index contributed by atoms with van der Waals surface area (Å²) in [6.45, 7) is 1.57. The monoisotopic (exact) mass is 649 g/mol. The highest BCUT2D eigenvalue weighted by Gasteiger charge is 2.12. The van der Waals surface area contributed by atoms with Gasteiger partial charge in [-0.2, -0.15) is 10.2 Å². The molecule has 0 bridgehead atoms. The zero-order valence-corrected chi connectivity index (χ0v) is 26.3. The summed E-state index contributed by atoms with van der Waals surface area (Å²) < 4.78 is 18.5. The molecule has 0 saturated carbocycles. The average molecular weight is 650 g/mol. The molecular weight excluding hydrogens is 618 g/mol. The summed E-state index contributed by atoms with van der Waals surface area (Å²) >= 11 is 0. The van der Waals surface area contributed by atoms with Gasteiger partial charge in [0.05, 0.1) is 43.3 Å². The maximum atomic E-state index is 10.9. The zero-order chi connectivity index (χ0) is 33.9. The van der Waals surface area contributed by atoms with Gasteiger partial charge in [-0.05, 0) is 60.7 Å². The molecule has 0 amide bonds. The molecule has 1 aromatic heterocycles. The van der Waals surface area contributed by atoms with Gasteiger partial charge in [-0.15, -0.1) is 15.3 Å². The lowest BCUT2D eigenvalue weighted by molar-refractivity contribution is -0.384. The molecule has 244 valence electrons. The van der Waals surface area contributed by atoms with E-state index in [1.54, 1.807) is 41.1 Å². The van der Waals surface area contributed by atoms with E-state index in [0.717, 1.165) is 12.0 Å². The van der Waals surface area contributed by atoms with Crippen molar-refractivity contribution in [2.24, 2.45) is 20.5 Å². The molecule has 0 aliphatic rings. The third kappa shape index (κ3) is 8.60. The van der Waals surface area contributed by atoms with Crippen LogP contribution in [-0.4, -0.2) is 54.0 Å². The Labute approximate surface area is 275 Å². The van der Waals surface area contributed by atoms with E-state index in [4.69, 9.17) is 14.2 Å². The number of ether oxygens (including phenoxy) is 3. The van der Waals surface area contributed by atoms with Crippen molar-refractivity contribution >= 4 is 40.4 Å². The number of hydrogen-bond acceptors (Lipinski definition) is 13. The summed E-state index contributed by atoms with van der Waals surface area (Å²) in [5.41, 5.74) is 4.12. The lowest BCUT2D eigenvalue weighted by atomic mass is 10.2. The van der Waals surface area contributed by atoms with Gasteiger partial charge in [0.25, 0.3) is 5.69 Å². The standard InChI is InChI=1S/C33H31N9O6/c1-40(16-17-41-20-26(36-39-41)22-48-29-14-4-23(21-43)5-15-29)27-10-6-24(7-11-27)34-37-30-18-33(47-3)31(19-32(30)46-2)38-35-25-8-12-28(13-9-25)42(44)45/h4-15,18-21H,16-17,22H2,1-3H3. The number of anilines is 1. The summed E-state index contributed by atoms with van der Waals surface area (Å²) in [5.74, 6) is 1.45. The van der Waals surface area contributed by atoms with Gasteiger partial charge in [0, 0.05) is 49.1 Å². The van der Waals surface area contributed by atoms with E-state index in [1.807, 2.05) is 37.5 Å². The van der Waals surface area contributed by atoms with Gasteiger partial charge < -0.3 is 19.1 Å². The van der Waals surface area contributed by atoms with E-state index in [9.17, 15) is 14.9 Å². The molecule has 5 rings (SSSR count). The van der Waals surface area contributed by atoms with Crippen molar-refractivity contribution < 1.29 is 23.9 Å². The van der Waals surface area contributed by atoms with Crippen LogP contribution in [0.1, 0.15) is 16.1 Å². The molecule has 48 heavy (non-hydrogen) atoms. The van der Waals surface area contributed by atoms with Crippen LogP contribution in [0.25, 0.3) is 0 Å². The molecule has 0 fully saturated rings. The van der Waals surface area contributed by atoms with Crippen molar-refractivity contribution in [3.05, 3.63) is 112 Å². The highest BCUT2D eigenvalue weighted by Crippen LogP contribution is 2.41. The second-order valence-electron chi connectivity index (χ2n) is 10.3. The van der Waals surface area contributed by atoms with Gasteiger partial charge in [-0.1, -0.05) is 5.21 Å². The molecule has 5 aromatic rings. The minimum atomic E-state index is -0.480. The van der Waals surface area contributed by atoms with Gasteiger partial charge >= 0.3 is 0 Å². The molecule has 0 atom stereocenters. The van der Waals surface area contributed by atoms with Crippen LogP contribution in [-0.2, 0) is 13.2 Å². The van der Waals surface area contributed by atoms with Gasteiger partial charge in [-0.25, -0.2) is 0 Å². The molecule has 4 aromatic carbocycles. The quantitative estimate of drug-likeness (QED) is 0.0480. The van der Waals surface area contributed by atoms with E-state index in [-0.39, 0.29) is 12.3 Å². The molecule has 0 radical (unpaired) electrons. The third-order valence-electron chi connectivity index (χ3n) is 7.03. The SMILES string of the molecule is COc1cc(N=Nc2ccc([N+](=O)[O-])cc2)c(OC)cc1N=Nc1ccc(N(C)CCn2cc(COc3ccc(C=O)cc3)nn2)cc1. The van der Waals surface area contributed by atoms with Gasteiger partial charge in [0.15, 0.2) is 0 Å². The maximum absolute atomic E-state index is 10.9. The van der Waals surface area contributed by atoms with E-state index in [2.05, 4.69) is 35.7 Å². The van der Waals surface area contributed by atoms with Crippen molar-refractivity contribution in [1.82, 2.24) is 15.0 Å². The predicted molar refractivity (Wildman–Crippen MR) is 177 cm³/mol. The number of aromatic nitrogens is 3. The Bertz CT molecular complexity index is 1910. The Kier molecular flexibility index (Phi) is 10.7. The normalized spacial score (nSPS) is 11.1. The molecule has 15 nitrogen and oxygen atoms in total. The number of non-ortho nitro benzene ring substituents is 1. The fourth-order valence-electron chi connectivity index (χ4n) is 4.36. The van der Waals surface area contributed by atoms with E-state index < -0.39 is 4.92 Å². The van der Waals surface area contributed by atoms with Crippen molar-refractivity contribution in [1.29, 1.82) is 0 Å². The zero-order valence-electron chi connectivity index (χ0n) is 26.3. The number of rotatable bonds is 15. The van der Waals surface area contributed by atoms with Crippen molar-refractivity contribution in [3.63, 3.8) is 0 Å². The third-order valence-corrected chi connectivity index (χ3v) is 7.03. The first-order valence-corrected chi connectivity index (χ1v) is 14.6. The van der Waals surface area contributed by atoms with Crippen molar-refractivity contribution in [2.75, 3.05) is 32.7 Å². The number of azo groups is 2. The smallest absolute Gasteiger partial charge is 0.269 e. The number of nitrogens with zero attached hydrogens (tertiary/aromatic N) is 9. The molecule has 0 unspecified atom stereocenters. The number of nitro benzene ring substituents is 1. The molecule has 15 heteroatoms. The van der Waals surface area contributed by atoms with Crippen LogP contribution in [0.4, 0.5) is 34.1 Å². The minimum Gasteiger partial charge on any atom is -0.494 e. The lowest BCUT2D eigenvalue weighted by Gasteiger charge is -2.19. The van der Waals surface area contributed by atoms with Crippen LogP contribution in [0.15, 0.2) is 112 Å². The Morgan fingerprint density at radius 1 is 0.854 bits per heavy atom. The fraction of sp³-hybridized carbons (Fsp3) is 0.182. The number of aldehydes is 1. The van der Waals surface area contributed by atoms with Crippen LogP contribution in [0, 0.1) is 10.1 Å². The van der Waals surface area contributed by atoms with Crippen molar-refractivity contribution in [2.45, 2.75) is 13.2 Å². The molecule has 0 saturated heterocycles. The predicted octanol–water partition coefficient (Wildman–Crippen LogP) is 7.56. The van der Waals surface area contributed by atoms with Gasteiger partial charge in [0.2, 0.25) is 0 Å². The fourth-order valence-corrected chi connectivity index (χ4v) is 4.36. The molecule has 1 heterocycles. The maximum Gasteiger partial charge on any atom is 0.269 e. The molecule has 0 spiro atoms. The Balaban J connectivity index is 1.16. The number of carbonyl (C=O) groups excluding carboxylic acids is 1. The van der Waals surface area contributed by atoms with Crippen molar-refractivity contribution in [3.8, 4) is 17.2 Å². The second-order valence-corrected chi connectivity index (χ2v) is 10.3. The Hall–Kier alpha value is -6.51. The minimum absolute atomic E-state index is 0.0356. The first-order chi connectivity index (χ1) is 23.3. The number of carbonyl (C=O) groups is 1.